The predicted octanol–water partition coefficient (Wildman–Crippen LogP) is 1.98. The van der Waals surface area contributed by atoms with Crippen LogP contribution in [0.4, 0.5) is 0 Å². The van der Waals surface area contributed by atoms with Crippen molar-refractivity contribution in [3.63, 3.8) is 0 Å². The van der Waals surface area contributed by atoms with Gasteiger partial charge in [0.1, 0.15) is 5.69 Å². The second kappa shape index (κ2) is 7.46. The number of hydrogen-bond acceptors (Lipinski definition) is 5. The van der Waals surface area contributed by atoms with E-state index in [1.165, 1.54) is 0 Å². The molecule has 0 spiro atoms. The summed E-state index contributed by atoms with van der Waals surface area (Å²) in [5.74, 6) is 0.0314. The number of rotatable bonds is 5. The molecule has 0 saturated carbocycles. The number of β-amino-alcohol motifs (C(OH)–C–C–N with tert-alkyl or cyclic N) is 1. The lowest BCUT2D eigenvalue weighted by molar-refractivity contribution is 0.0520. The van der Waals surface area contributed by atoms with E-state index in [4.69, 9.17) is 0 Å². The molecule has 0 aromatic carbocycles. The lowest BCUT2D eigenvalue weighted by atomic mass is 10.2. The van der Waals surface area contributed by atoms with E-state index in [1.807, 2.05) is 36.4 Å². The highest BCUT2D eigenvalue weighted by Gasteiger charge is 2.24. The van der Waals surface area contributed by atoms with Gasteiger partial charge in [-0.2, -0.15) is 0 Å². The van der Waals surface area contributed by atoms with Crippen LogP contribution in [0.1, 0.15) is 28.8 Å². The molecule has 1 amide bonds. The third-order valence-corrected chi connectivity index (χ3v) is 5.20. The van der Waals surface area contributed by atoms with E-state index in [-0.39, 0.29) is 12.0 Å². The molecule has 1 aliphatic rings. The first-order valence-corrected chi connectivity index (χ1v) is 9.25. The van der Waals surface area contributed by atoms with Gasteiger partial charge in [-0.3, -0.25) is 9.69 Å². The summed E-state index contributed by atoms with van der Waals surface area (Å²) in [6.07, 6.45) is 2.33. The van der Waals surface area contributed by atoms with Crippen LogP contribution >= 0.6 is 11.3 Å². The second-order valence-corrected chi connectivity index (χ2v) is 7.27. The van der Waals surface area contributed by atoms with Crippen molar-refractivity contribution in [1.29, 1.82) is 0 Å². The number of H-pyrrole nitrogens is 1. The van der Waals surface area contributed by atoms with Gasteiger partial charge in [0.25, 0.3) is 5.91 Å². The van der Waals surface area contributed by atoms with E-state index >= 15 is 0 Å². The maximum atomic E-state index is 12.6. The van der Waals surface area contributed by atoms with Crippen molar-refractivity contribution in [2.75, 3.05) is 32.7 Å². The molecule has 7 heteroatoms. The van der Waals surface area contributed by atoms with E-state index < -0.39 is 0 Å². The highest BCUT2D eigenvalue weighted by molar-refractivity contribution is 7.09. The number of aromatic nitrogens is 2. The molecule has 1 unspecified atom stereocenters. The lowest BCUT2D eigenvalue weighted by Crippen LogP contribution is -2.50. The fourth-order valence-electron chi connectivity index (χ4n) is 2.89. The first-order valence-electron chi connectivity index (χ1n) is 8.37. The number of aliphatic hydroxyl groups is 1. The average Bonchev–Trinajstić information content (AvgIpc) is 3.23. The largest absolute Gasteiger partial charge is 0.392 e. The highest BCUT2D eigenvalue weighted by Crippen LogP contribution is 2.23. The number of piperazine rings is 1. The fraction of sp³-hybridized carbons (Fsp3) is 0.529. The molecule has 130 valence electrons. The maximum absolute atomic E-state index is 12.6. The van der Waals surface area contributed by atoms with E-state index in [9.17, 15) is 9.90 Å². The number of nitrogens with one attached hydrogen (secondary N) is 1. The van der Waals surface area contributed by atoms with Crippen molar-refractivity contribution >= 4 is 17.2 Å². The molecule has 1 saturated heterocycles. The number of carbonyl (C=O) groups excluding carboxylic acids is 1. The monoisotopic (exact) mass is 348 g/mol. The Morgan fingerprint density at radius 2 is 2.17 bits per heavy atom. The minimum absolute atomic E-state index is 0.0314. The Morgan fingerprint density at radius 1 is 1.42 bits per heavy atom. The summed E-state index contributed by atoms with van der Waals surface area (Å²) in [6.45, 7) is 7.65. The predicted molar refractivity (Wildman–Crippen MR) is 95.3 cm³/mol. The molecule has 1 fully saturated rings. The molecular weight excluding hydrogens is 324 g/mol. The Hall–Kier alpha value is -1.70. The molecule has 1 atom stereocenters. The Labute approximate surface area is 146 Å². The zero-order chi connectivity index (χ0) is 17.1. The van der Waals surface area contributed by atoms with Gasteiger partial charge in [0.15, 0.2) is 0 Å². The molecule has 2 N–H and O–H groups in total. The molecule has 0 aliphatic carbocycles. The quantitative estimate of drug-likeness (QED) is 0.867. The minimum atomic E-state index is -0.278. The number of amides is 1. The van der Waals surface area contributed by atoms with Crippen molar-refractivity contribution in [2.24, 2.45) is 0 Å². The van der Waals surface area contributed by atoms with Crippen LogP contribution in [0.2, 0.25) is 0 Å². The third-order valence-electron chi connectivity index (χ3n) is 4.43. The zero-order valence-corrected chi connectivity index (χ0v) is 15.0. The summed E-state index contributed by atoms with van der Waals surface area (Å²) in [5, 5.41) is 12.8. The van der Waals surface area contributed by atoms with Gasteiger partial charge in [0.05, 0.1) is 16.8 Å². The zero-order valence-electron chi connectivity index (χ0n) is 14.2. The third kappa shape index (κ3) is 3.85. The van der Waals surface area contributed by atoms with Gasteiger partial charge in [-0.05, 0) is 19.4 Å². The summed E-state index contributed by atoms with van der Waals surface area (Å²) in [7, 11) is 0. The molecular formula is C17H24N4O2S. The van der Waals surface area contributed by atoms with Crippen LogP contribution in [-0.2, 0) is 0 Å². The van der Waals surface area contributed by atoms with E-state index in [0.29, 0.717) is 25.3 Å². The molecule has 24 heavy (non-hydrogen) atoms. The van der Waals surface area contributed by atoms with Crippen LogP contribution in [-0.4, -0.2) is 69.6 Å². The standard InChI is InChI=1S/C17H24N4O2S/c1-3-14(22)10-20-4-6-21(7-5-20)17(23)15-8-13(9-18-15)16-11-24-12(2)19-16/h8-9,11,14,18,22H,3-7,10H2,1-2H3. The normalized spacial score (nSPS) is 17.2. The van der Waals surface area contributed by atoms with Crippen molar-refractivity contribution in [1.82, 2.24) is 19.8 Å². The van der Waals surface area contributed by atoms with Gasteiger partial charge < -0.3 is 15.0 Å². The Morgan fingerprint density at radius 3 is 2.79 bits per heavy atom. The van der Waals surface area contributed by atoms with Crippen molar-refractivity contribution < 1.29 is 9.90 Å². The fourth-order valence-corrected chi connectivity index (χ4v) is 3.51. The average molecular weight is 348 g/mol. The molecule has 2 aromatic heterocycles. The van der Waals surface area contributed by atoms with Gasteiger partial charge in [-0.15, -0.1) is 11.3 Å². The molecule has 2 aromatic rings. The number of nitrogens with zero attached hydrogens (tertiary/aromatic N) is 3. The molecule has 3 rings (SSSR count). The molecule has 1 aliphatic heterocycles. The van der Waals surface area contributed by atoms with Crippen LogP contribution in [0.5, 0.6) is 0 Å². The second-order valence-electron chi connectivity index (χ2n) is 6.21. The number of aliphatic hydroxyl groups excluding tert-OH is 1. The molecule has 0 bridgehead atoms. The number of aryl methyl sites for hydroxylation is 1. The van der Waals surface area contributed by atoms with Gasteiger partial charge in [0.2, 0.25) is 0 Å². The van der Waals surface area contributed by atoms with Crippen LogP contribution in [0, 0.1) is 6.92 Å². The number of aromatic amines is 1. The van der Waals surface area contributed by atoms with E-state index in [2.05, 4.69) is 14.9 Å². The minimum Gasteiger partial charge on any atom is -0.392 e. The molecule has 0 radical (unpaired) electrons. The summed E-state index contributed by atoms with van der Waals surface area (Å²) in [6, 6.07) is 1.88. The van der Waals surface area contributed by atoms with E-state index in [0.717, 1.165) is 35.8 Å². The lowest BCUT2D eigenvalue weighted by Gasteiger charge is -2.35. The van der Waals surface area contributed by atoms with Gasteiger partial charge in [-0.25, -0.2) is 4.98 Å². The number of carbonyl (C=O) groups is 1. The summed E-state index contributed by atoms with van der Waals surface area (Å²) < 4.78 is 0. The van der Waals surface area contributed by atoms with Gasteiger partial charge >= 0.3 is 0 Å². The summed E-state index contributed by atoms with van der Waals surface area (Å²) >= 11 is 1.61. The van der Waals surface area contributed by atoms with Crippen LogP contribution in [0.25, 0.3) is 11.3 Å². The van der Waals surface area contributed by atoms with Gasteiger partial charge in [-0.1, -0.05) is 6.92 Å². The van der Waals surface area contributed by atoms with E-state index in [1.54, 1.807) is 11.3 Å². The highest BCUT2D eigenvalue weighted by atomic mass is 32.1. The smallest absolute Gasteiger partial charge is 0.270 e. The van der Waals surface area contributed by atoms with Gasteiger partial charge in [0, 0.05) is 49.9 Å². The first kappa shape index (κ1) is 17.1. The van der Waals surface area contributed by atoms with Crippen LogP contribution in [0.3, 0.4) is 0 Å². The Balaban J connectivity index is 1.59. The Bertz CT molecular complexity index is 688. The SMILES string of the molecule is CCC(O)CN1CCN(C(=O)c2cc(-c3csc(C)n3)c[nH]2)CC1. The first-order chi connectivity index (χ1) is 11.6. The van der Waals surface area contributed by atoms with Crippen LogP contribution < -0.4 is 0 Å². The summed E-state index contributed by atoms with van der Waals surface area (Å²) in [5.41, 5.74) is 2.47. The van der Waals surface area contributed by atoms with Crippen LogP contribution in [0.15, 0.2) is 17.6 Å². The molecule has 6 nitrogen and oxygen atoms in total. The topological polar surface area (TPSA) is 72.5 Å². The molecule has 3 heterocycles. The number of hydrogen-bond donors (Lipinski definition) is 2. The summed E-state index contributed by atoms with van der Waals surface area (Å²) in [4.78, 5) is 24.3. The Kier molecular flexibility index (Phi) is 5.33. The van der Waals surface area contributed by atoms with Crippen molar-refractivity contribution in [2.45, 2.75) is 26.4 Å². The maximum Gasteiger partial charge on any atom is 0.270 e. The number of thiazole rings is 1. The van der Waals surface area contributed by atoms with Crippen molar-refractivity contribution in [3.8, 4) is 11.3 Å². The van der Waals surface area contributed by atoms with Crippen molar-refractivity contribution in [3.05, 3.63) is 28.3 Å².